The Kier molecular flexibility index (Phi) is 6.78. The fourth-order valence-electron chi connectivity index (χ4n) is 3.59. The molecule has 1 aromatic carbocycles. The summed E-state index contributed by atoms with van der Waals surface area (Å²) in [5.74, 6) is -0.0642. The third-order valence-corrected chi connectivity index (χ3v) is 6.11. The summed E-state index contributed by atoms with van der Waals surface area (Å²) in [7, 11) is 1.94. The monoisotopic (exact) mass is 374 g/mol. The molecule has 140 valence electrons. The molecule has 1 aliphatic carbocycles. The summed E-state index contributed by atoms with van der Waals surface area (Å²) in [5, 5.41) is 2.94. The molecule has 0 saturated heterocycles. The van der Waals surface area contributed by atoms with E-state index in [2.05, 4.69) is 4.98 Å². The van der Waals surface area contributed by atoms with Crippen molar-refractivity contribution < 1.29 is 9.18 Å². The standard InChI is InChI=1S/C21H27FN2OS/c1-24(19-7-5-3-2-4-6-8-19)21(25)14-18-15-26-20(23-18)13-16-9-11-17(22)12-10-16/h9-12,15,19H,2-8,13-14H2,1H3. The lowest BCUT2D eigenvalue weighted by Gasteiger charge is -2.29. The van der Waals surface area contributed by atoms with Gasteiger partial charge in [0.25, 0.3) is 0 Å². The molecular formula is C21H27FN2OS. The van der Waals surface area contributed by atoms with Crippen LogP contribution in [0, 0.1) is 5.82 Å². The molecule has 0 aliphatic heterocycles. The molecule has 0 unspecified atom stereocenters. The van der Waals surface area contributed by atoms with Crippen LogP contribution >= 0.6 is 11.3 Å². The third kappa shape index (κ3) is 5.37. The van der Waals surface area contributed by atoms with E-state index in [0.29, 0.717) is 18.9 Å². The van der Waals surface area contributed by atoms with Gasteiger partial charge in [-0.25, -0.2) is 9.37 Å². The van der Waals surface area contributed by atoms with Crippen molar-refractivity contribution in [1.82, 2.24) is 9.88 Å². The number of likely N-dealkylation sites (N-methyl/N-ethyl adjacent to an activating group) is 1. The number of benzene rings is 1. The molecule has 0 spiro atoms. The van der Waals surface area contributed by atoms with Crippen molar-refractivity contribution in [3.05, 3.63) is 51.7 Å². The van der Waals surface area contributed by atoms with Crippen LogP contribution in [-0.4, -0.2) is 28.9 Å². The zero-order valence-electron chi connectivity index (χ0n) is 15.4. The molecule has 1 aliphatic rings. The Hall–Kier alpha value is -1.75. The van der Waals surface area contributed by atoms with Gasteiger partial charge in [0.05, 0.1) is 17.1 Å². The first kappa shape index (κ1) is 19.0. The number of nitrogens with zero attached hydrogens (tertiary/aromatic N) is 2. The summed E-state index contributed by atoms with van der Waals surface area (Å²) in [6, 6.07) is 6.88. The molecule has 1 saturated carbocycles. The number of halogens is 1. The van der Waals surface area contributed by atoms with E-state index in [1.807, 2.05) is 17.3 Å². The van der Waals surface area contributed by atoms with Gasteiger partial charge in [-0.05, 0) is 30.5 Å². The number of rotatable bonds is 5. The maximum Gasteiger partial charge on any atom is 0.228 e. The van der Waals surface area contributed by atoms with Crippen molar-refractivity contribution in [3.8, 4) is 0 Å². The number of thiazole rings is 1. The highest BCUT2D eigenvalue weighted by atomic mass is 32.1. The molecule has 1 aromatic heterocycles. The predicted molar refractivity (Wildman–Crippen MR) is 104 cm³/mol. The van der Waals surface area contributed by atoms with Crippen LogP contribution in [0.25, 0.3) is 0 Å². The molecular weight excluding hydrogens is 347 g/mol. The predicted octanol–water partition coefficient (Wildman–Crippen LogP) is 4.99. The smallest absolute Gasteiger partial charge is 0.228 e. The van der Waals surface area contributed by atoms with Gasteiger partial charge in [0.2, 0.25) is 5.91 Å². The number of carbonyl (C=O) groups is 1. The van der Waals surface area contributed by atoms with Crippen LogP contribution in [0.3, 0.4) is 0 Å². The molecule has 3 nitrogen and oxygen atoms in total. The Morgan fingerprint density at radius 2 is 1.81 bits per heavy atom. The van der Waals surface area contributed by atoms with Gasteiger partial charge in [0.15, 0.2) is 0 Å². The van der Waals surface area contributed by atoms with Crippen molar-refractivity contribution >= 4 is 17.2 Å². The highest BCUT2D eigenvalue weighted by Crippen LogP contribution is 2.22. The van der Waals surface area contributed by atoms with Gasteiger partial charge in [-0.1, -0.05) is 44.2 Å². The summed E-state index contributed by atoms with van der Waals surface area (Å²) in [4.78, 5) is 19.2. The first-order valence-electron chi connectivity index (χ1n) is 9.55. The van der Waals surface area contributed by atoms with Crippen LogP contribution in [0.15, 0.2) is 29.6 Å². The van der Waals surface area contributed by atoms with Crippen molar-refractivity contribution in [2.75, 3.05) is 7.05 Å². The molecule has 5 heteroatoms. The average molecular weight is 375 g/mol. The minimum Gasteiger partial charge on any atom is -0.342 e. The number of hydrogen-bond acceptors (Lipinski definition) is 3. The van der Waals surface area contributed by atoms with E-state index in [-0.39, 0.29) is 11.7 Å². The van der Waals surface area contributed by atoms with Crippen molar-refractivity contribution in [2.24, 2.45) is 0 Å². The van der Waals surface area contributed by atoms with Crippen LogP contribution in [0.4, 0.5) is 4.39 Å². The molecule has 1 amide bonds. The van der Waals surface area contributed by atoms with Crippen LogP contribution < -0.4 is 0 Å². The second-order valence-corrected chi connectivity index (χ2v) is 8.16. The van der Waals surface area contributed by atoms with Crippen LogP contribution in [0.1, 0.15) is 61.2 Å². The summed E-state index contributed by atoms with van der Waals surface area (Å²) >= 11 is 1.57. The molecule has 26 heavy (non-hydrogen) atoms. The molecule has 1 fully saturated rings. The van der Waals surface area contributed by atoms with E-state index in [1.165, 1.54) is 44.2 Å². The second-order valence-electron chi connectivity index (χ2n) is 7.22. The van der Waals surface area contributed by atoms with E-state index in [0.717, 1.165) is 29.1 Å². The topological polar surface area (TPSA) is 33.2 Å². The third-order valence-electron chi connectivity index (χ3n) is 5.22. The van der Waals surface area contributed by atoms with Gasteiger partial charge in [0, 0.05) is 24.9 Å². The van der Waals surface area contributed by atoms with Gasteiger partial charge in [-0.3, -0.25) is 4.79 Å². The maximum absolute atomic E-state index is 13.0. The first-order chi connectivity index (χ1) is 12.6. The van der Waals surface area contributed by atoms with E-state index in [9.17, 15) is 9.18 Å². The largest absolute Gasteiger partial charge is 0.342 e. The van der Waals surface area contributed by atoms with Crippen LogP contribution in [0.2, 0.25) is 0 Å². The zero-order valence-corrected chi connectivity index (χ0v) is 16.2. The van der Waals surface area contributed by atoms with Crippen molar-refractivity contribution in [1.29, 1.82) is 0 Å². The number of carbonyl (C=O) groups excluding carboxylic acids is 1. The molecule has 0 bridgehead atoms. The van der Waals surface area contributed by atoms with Crippen molar-refractivity contribution in [3.63, 3.8) is 0 Å². The Labute approximate surface area is 159 Å². The van der Waals surface area contributed by atoms with E-state index < -0.39 is 0 Å². The summed E-state index contributed by atoms with van der Waals surface area (Å²) in [5.41, 5.74) is 1.88. The van der Waals surface area contributed by atoms with E-state index in [4.69, 9.17) is 0 Å². The molecule has 1 heterocycles. The summed E-state index contributed by atoms with van der Waals surface area (Å²) in [6.07, 6.45) is 9.64. The maximum atomic E-state index is 13.0. The Morgan fingerprint density at radius 1 is 1.15 bits per heavy atom. The molecule has 0 radical (unpaired) electrons. The molecule has 0 N–H and O–H groups in total. The quantitative estimate of drug-likeness (QED) is 0.739. The van der Waals surface area contributed by atoms with Gasteiger partial charge < -0.3 is 4.90 Å². The molecule has 0 atom stereocenters. The lowest BCUT2D eigenvalue weighted by atomic mass is 9.95. The van der Waals surface area contributed by atoms with E-state index >= 15 is 0 Å². The van der Waals surface area contributed by atoms with Gasteiger partial charge in [0.1, 0.15) is 5.82 Å². The average Bonchev–Trinajstić information content (AvgIpc) is 3.03. The fourth-order valence-corrected chi connectivity index (χ4v) is 4.42. The van der Waals surface area contributed by atoms with Crippen molar-refractivity contribution in [2.45, 2.75) is 63.8 Å². The van der Waals surface area contributed by atoms with Crippen LogP contribution in [-0.2, 0) is 17.6 Å². The Morgan fingerprint density at radius 3 is 2.50 bits per heavy atom. The lowest BCUT2D eigenvalue weighted by molar-refractivity contribution is -0.131. The number of aromatic nitrogens is 1. The molecule has 3 rings (SSSR count). The van der Waals surface area contributed by atoms with Gasteiger partial charge >= 0.3 is 0 Å². The van der Waals surface area contributed by atoms with Gasteiger partial charge in [-0.2, -0.15) is 0 Å². The summed E-state index contributed by atoms with van der Waals surface area (Å²) in [6.45, 7) is 0. The van der Waals surface area contributed by atoms with E-state index in [1.54, 1.807) is 23.5 Å². The Bertz CT molecular complexity index is 705. The lowest BCUT2D eigenvalue weighted by Crippen LogP contribution is -2.38. The molecule has 2 aromatic rings. The zero-order chi connectivity index (χ0) is 18.4. The van der Waals surface area contributed by atoms with Crippen LogP contribution in [0.5, 0.6) is 0 Å². The fraction of sp³-hybridized carbons (Fsp3) is 0.524. The summed E-state index contributed by atoms with van der Waals surface area (Å²) < 4.78 is 13.0. The SMILES string of the molecule is CN(C(=O)Cc1csc(Cc2ccc(F)cc2)n1)C1CCCCCCC1. The first-order valence-corrected chi connectivity index (χ1v) is 10.4. The number of amides is 1. The highest BCUT2D eigenvalue weighted by molar-refractivity contribution is 7.09. The minimum atomic E-state index is -0.226. The number of hydrogen-bond donors (Lipinski definition) is 0. The second kappa shape index (κ2) is 9.26. The Balaban J connectivity index is 1.55. The normalized spacial score (nSPS) is 16.1. The van der Waals surface area contributed by atoms with Gasteiger partial charge in [-0.15, -0.1) is 11.3 Å². The minimum absolute atomic E-state index is 0.161. The highest BCUT2D eigenvalue weighted by Gasteiger charge is 2.21.